The Hall–Kier alpha value is -1.71. The van der Waals surface area contributed by atoms with Crippen LogP contribution in [-0.4, -0.2) is 25.3 Å². The third-order valence-electron chi connectivity index (χ3n) is 3.39. The number of carbonyl (C=O) groups is 1. The van der Waals surface area contributed by atoms with Crippen LogP contribution in [0.2, 0.25) is 0 Å². The van der Waals surface area contributed by atoms with Crippen LogP contribution >= 0.6 is 0 Å². The largest absolute Gasteiger partial charge is 0.496 e. The summed E-state index contributed by atoms with van der Waals surface area (Å²) in [5.74, 6) is 0.527. The molecule has 0 bridgehead atoms. The van der Waals surface area contributed by atoms with Crippen LogP contribution in [0.4, 0.5) is 0 Å². The summed E-state index contributed by atoms with van der Waals surface area (Å²) in [5.41, 5.74) is 0.934. The van der Waals surface area contributed by atoms with Crippen molar-refractivity contribution in [1.29, 1.82) is 0 Å². The van der Waals surface area contributed by atoms with Gasteiger partial charge in [-0.2, -0.15) is 0 Å². The van der Waals surface area contributed by atoms with Crippen molar-refractivity contribution in [3.63, 3.8) is 0 Å². The first-order chi connectivity index (χ1) is 8.05. The number of aliphatic carboxylic acids is 1. The molecular formula is C13H16O4. The first kappa shape index (κ1) is 11.8. The molecule has 4 heteroatoms. The topological polar surface area (TPSA) is 55.8 Å². The Morgan fingerprint density at radius 3 is 2.24 bits per heavy atom. The number of carboxylic acids is 1. The van der Waals surface area contributed by atoms with Crippen molar-refractivity contribution in [2.75, 3.05) is 14.2 Å². The van der Waals surface area contributed by atoms with E-state index in [0.717, 1.165) is 11.1 Å². The van der Waals surface area contributed by atoms with Crippen LogP contribution in [0.25, 0.3) is 0 Å². The van der Waals surface area contributed by atoms with E-state index in [0.29, 0.717) is 24.3 Å². The second kappa shape index (κ2) is 3.95. The molecule has 0 amide bonds. The fourth-order valence-corrected chi connectivity index (χ4v) is 2.16. The number of aryl methyl sites for hydroxylation is 1. The molecule has 0 unspecified atom stereocenters. The van der Waals surface area contributed by atoms with Crippen LogP contribution in [0.3, 0.4) is 0 Å². The molecule has 4 nitrogen and oxygen atoms in total. The van der Waals surface area contributed by atoms with Gasteiger partial charge in [0.1, 0.15) is 11.5 Å². The zero-order valence-corrected chi connectivity index (χ0v) is 10.2. The molecular weight excluding hydrogens is 220 g/mol. The van der Waals surface area contributed by atoms with Crippen molar-refractivity contribution < 1.29 is 19.4 Å². The number of methoxy groups -OCH3 is 2. The van der Waals surface area contributed by atoms with Gasteiger partial charge in [0.15, 0.2) is 0 Å². The van der Waals surface area contributed by atoms with Gasteiger partial charge in [-0.1, -0.05) is 0 Å². The third kappa shape index (κ3) is 1.73. The summed E-state index contributed by atoms with van der Waals surface area (Å²) in [6.07, 6.45) is 1.34. The summed E-state index contributed by atoms with van der Waals surface area (Å²) in [7, 11) is 3.14. The van der Waals surface area contributed by atoms with Crippen LogP contribution in [0.15, 0.2) is 12.1 Å². The van der Waals surface area contributed by atoms with E-state index in [9.17, 15) is 9.90 Å². The first-order valence-corrected chi connectivity index (χ1v) is 5.51. The lowest BCUT2D eigenvalue weighted by Crippen LogP contribution is -2.20. The molecule has 1 aromatic rings. The highest BCUT2D eigenvalue weighted by Gasteiger charge is 2.53. The number of hydrogen-bond acceptors (Lipinski definition) is 3. The van der Waals surface area contributed by atoms with Crippen LogP contribution in [0, 0.1) is 6.92 Å². The van der Waals surface area contributed by atoms with Gasteiger partial charge >= 0.3 is 5.97 Å². The lowest BCUT2D eigenvalue weighted by atomic mass is 9.93. The van der Waals surface area contributed by atoms with Gasteiger partial charge in [0, 0.05) is 11.6 Å². The Morgan fingerprint density at radius 1 is 1.24 bits per heavy atom. The van der Waals surface area contributed by atoms with Crippen LogP contribution < -0.4 is 9.47 Å². The summed E-state index contributed by atoms with van der Waals surface area (Å²) < 4.78 is 10.5. The van der Waals surface area contributed by atoms with Crippen molar-refractivity contribution in [3.8, 4) is 11.5 Å². The second-order valence-corrected chi connectivity index (χ2v) is 4.41. The molecule has 1 aromatic carbocycles. The molecule has 0 aliphatic heterocycles. The lowest BCUT2D eigenvalue weighted by molar-refractivity contribution is -0.140. The van der Waals surface area contributed by atoms with Gasteiger partial charge < -0.3 is 14.6 Å². The van der Waals surface area contributed by atoms with E-state index in [2.05, 4.69) is 0 Å². The van der Waals surface area contributed by atoms with Gasteiger partial charge in [0.25, 0.3) is 0 Å². The highest BCUT2D eigenvalue weighted by molar-refractivity contribution is 5.86. The number of rotatable bonds is 4. The quantitative estimate of drug-likeness (QED) is 0.870. The van der Waals surface area contributed by atoms with E-state index in [1.165, 1.54) is 0 Å². The Morgan fingerprint density at radius 2 is 1.82 bits per heavy atom. The van der Waals surface area contributed by atoms with Gasteiger partial charge in [-0.15, -0.1) is 0 Å². The minimum Gasteiger partial charge on any atom is -0.496 e. The molecule has 0 saturated heterocycles. The van der Waals surface area contributed by atoms with Gasteiger partial charge in [-0.3, -0.25) is 4.79 Å². The van der Waals surface area contributed by atoms with Crippen molar-refractivity contribution in [2.24, 2.45) is 0 Å². The molecule has 1 N–H and O–H groups in total. The minimum absolute atomic E-state index is 0.590. The Labute approximate surface area is 100 Å². The van der Waals surface area contributed by atoms with Gasteiger partial charge in [0.2, 0.25) is 0 Å². The van der Waals surface area contributed by atoms with E-state index in [1.807, 2.05) is 13.0 Å². The lowest BCUT2D eigenvalue weighted by Gasteiger charge is -2.17. The van der Waals surface area contributed by atoms with Gasteiger partial charge in [0.05, 0.1) is 19.6 Å². The molecule has 1 aliphatic carbocycles. The fourth-order valence-electron chi connectivity index (χ4n) is 2.16. The molecule has 1 saturated carbocycles. The van der Waals surface area contributed by atoms with Crippen LogP contribution in [0.1, 0.15) is 24.0 Å². The predicted molar refractivity (Wildman–Crippen MR) is 62.8 cm³/mol. The van der Waals surface area contributed by atoms with Crippen molar-refractivity contribution in [3.05, 3.63) is 23.3 Å². The van der Waals surface area contributed by atoms with E-state index >= 15 is 0 Å². The highest BCUT2D eigenvalue weighted by atomic mass is 16.5. The first-order valence-electron chi connectivity index (χ1n) is 5.51. The molecule has 2 rings (SSSR count). The van der Waals surface area contributed by atoms with Crippen LogP contribution in [0.5, 0.6) is 11.5 Å². The molecule has 0 aromatic heterocycles. The molecule has 92 valence electrons. The summed E-state index contributed by atoms with van der Waals surface area (Å²) in [6.45, 7) is 1.90. The normalized spacial score (nSPS) is 16.4. The van der Waals surface area contributed by atoms with E-state index in [1.54, 1.807) is 20.3 Å². The predicted octanol–water partition coefficient (Wildman–Crippen LogP) is 2.13. The summed E-state index contributed by atoms with van der Waals surface area (Å²) in [4.78, 5) is 11.3. The highest BCUT2D eigenvalue weighted by Crippen LogP contribution is 2.52. The van der Waals surface area contributed by atoms with Gasteiger partial charge in [-0.25, -0.2) is 0 Å². The molecule has 0 atom stereocenters. The zero-order valence-electron chi connectivity index (χ0n) is 10.2. The smallest absolute Gasteiger partial charge is 0.314 e. The minimum atomic E-state index is -0.777. The summed E-state index contributed by atoms with van der Waals surface area (Å²) in [6, 6.07) is 3.62. The molecule has 0 heterocycles. The Balaban J connectivity index is 2.54. The van der Waals surface area contributed by atoms with E-state index in [4.69, 9.17) is 9.47 Å². The monoisotopic (exact) mass is 236 g/mol. The molecule has 1 aliphatic rings. The standard InChI is InChI=1S/C13H16O4/c1-8-6-9(13(4-5-13)12(14)15)11(17-3)7-10(8)16-2/h6-7H,4-5H2,1-3H3,(H,14,15). The van der Waals surface area contributed by atoms with E-state index < -0.39 is 11.4 Å². The second-order valence-electron chi connectivity index (χ2n) is 4.41. The molecule has 0 spiro atoms. The number of ether oxygens (including phenoxy) is 2. The zero-order chi connectivity index (χ0) is 12.6. The number of hydrogen-bond donors (Lipinski definition) is 1. The van der Waals surface area contributed by atoms with Crippen molar-refractivity contribution in [1.82, 2.24) is 0 Å². The average molecular weight is 236 g/mol. The van der Waals surface area contributed by atoms with Crippen molar-refractivity contribution in [2.45, 2.75) is 25.2 Å². The summed E-state index contributed by atoms with van der Waals surface area (Å²) >= 11 is 0. The maximum absolute atomic E-state index is 11.3. The third-order valence-corrected chi connectivity index (χ3v) is 3.39. The molecule has 17 heavy (non-hydrogen) atoms. The Kier molecular flexibility index (Phi) is 2.73. The number of benzene rings is 1. The number of carboxylic acid groups (broad SMARTS) is 1. The average Bonchev–Trinajstić information content (AvgIpc) is 3.09. The maximum atomic E-state index is 11.3. The van der Waals surface area contributed by atoms with Crippen LogP contribution in [-0.2, 0) is 10.2 Å². The fraction of sp³-hybridized carbons (Fsp3) is 0.462. The molecule has 0 radical (unpaired) electrons. The SMILES string of the molecule is COc1cc(OC)c(C2(C(=O)O)CC2)cc1C. The Bertz CT molecular complexity index is 461. The molecule has 1 fully saturated rings. The van der Waals surface area contributed by atoms with Crippen molar-refractivity contribution >= 4 is 5.97 Å². The van der Waals surface area contributed by atoms with Gasteiger partial charge in [-0.05, 0) is 31.4 Å². The summed E-state index contributed by atoms with van der Waals surface area (Å²) in [5, 5.41) is 9.31. The van der Waals surface area contributed by atoms with E-state index in [-0.39, 0.29) is 0 Å². The maximum Gasteiger partial charge on any atom is 0.314 e.